The minimum absolute atomic E-state index is 0.269. The van der Waals surface area contributed by atoms with E-state index in [1.54, 1.807) is 0 Å². The number of nitrogens with one attached hydrogen (secondary N) is 1. The van der Waals surface area contributed by atoms with Crippen molar-refractivity contribution in [3.8, 4) is 0 Å². The van der Waals surface area contributed by atoms with Gasteiger partial charge in [-0.05, 0) is 38.5 Å². The van der Waals surface area contributed by atoms with Crippen LogP contribution in [0.5, 0.6) is 0 Å². The van der Waals surface area contributed by atoms with Crippen molar-refractivity contribution in [3.63, 3.8) is 0 Å². The minimum atomic E-state index is -0.269. The van der Waals surface area contributed by atoms with Crippen LogP contribution in [0.1, 0.15) is 110 Å². The molecule has 0 spiro atoms. The lowest BCUT2D eigenvalue weighted by Crippen LogP contribution is -2.25. The van der Waals surface area contributed by atoms with Gasteiger partial charge in [0, 0.05) is 6.54 Å². The van der Waals surface area contributed by atoms with Crippen molar-refractivity contribution in [1.29, 1.82) is 0 Å². The smallest absolute Gasteiger partial charge is 0.407 e. The summed E-state index contributed by atoms with van der Waals surface area (Å²) >= 11 is 0. The molecule has 0 aliphatic carbocycles. The van der Waals surface area contributed by atoms with E-state index in [0.717, 1.165) is 19.3 Å². The molecule has 0 radical (unpaired) electrons. The van der Waals surface area contributed by atoms with Crippen LogP contribution in [0.25, 0.3) is 0 Å². The summed E-state index contributed by atoms with van der Waals surface area (Å²) in [6.07, 6.45) is 23.6. The summed E-state index contributed by atoms with van der Waals surface area (Å²) < 4.78 is 5.10. The Balaban J connectivity index is 3.13. The van der Waals surface area contributed by atoms with Crippen LogP contribution in [-0.4, -0.2) is 19.2 Å². The summed E-state index contributed by atoms with van der Waals surface area (Å²) in [6, 6.07) is 0. The Labute approximate surface area is 157 Å². The van der Waals surface area contributed by atoms with Crippen LogP contribution in [-0.2, 0) is 4.74 Å². The number of hydrogen-bond donors (Lipinski definition) is 1. The number of amides is 1. The number of alkyl carbamates (subject to hydrolysis) is 1. The fraction of sp³-hybridized carbons (Fsp3) is 0.864. The molecular weight excluding hydrogens is 310 g/mol. The van der Waals surface area contributed by atoms with E-state index in [2.05, 4.69) is 24.4 Å². The topological polar surface area (TPSA) is 38.3 Å². The van der Waals surface area contributed by atoms with Crippen molar-refractivity contribution < 1.29 is 9.53 Å². The highest BCUT2D eigenvalue weighted by Crippen LogP contribution is 2.10. The van der Waals surface area contributed by atoms with Crippen LogP contribution < -0.4 is 5.32 Å². The van der Waals surface area contributed by atoms with Crippen LogP contribution >= 0.6 is 0 Å². The number of hydrogen-bond acceptors (Lipinski definition) is 2. The molecule has 0 heterocycles. The Bertz CT molecular complexity index is 302. The molecule has 3 heteroatoms. The second-order valence-electron chi connectivity index (χ2n) is 7.00. The van der Waals surface area contributed by atoms with Gasteiger partial charge < -0.3 is 10.1 Å². The second kappa shape index (κ2) is 21.1. The van der Waals surface area contributed by atoms with Gasteiger partial charge in [0.05, 0.1) is 6.61 Å². The third-order valence-corrected chi connectivity index (χ3v) is 4.41. The second-order valence-corrected chi connectivity index (χ2v) is 7.00. The van der Waals surface area contributed by atoms with E-state index in [0.29, 0.717) is 13.2 Å². The average Bonchev–Trinajstić information content (AvgIpc) is 2.62. The first kappa shape index (κ1) is 24.0. The number of ether oxygens (including phenoxy) is 1. The van der Waals surface area contributed by atoms with Gasteiger partial charge in [-0.3, -0.25) is 0 Å². The van der Waals surface area contributed by atoms with Crippen molar-refractivity contribution in [3.05, 3.63) is 12.2 Å². The molecule has 0 aromatic heterocycles. The van der Waals surface area contributed by atoms with Gasteiger partial charge >= 0.3 is 6.09 Å². The van der Waals surface area contributed by atoms with E-state index < -0.39 is 0 Å². The number of unbranched alkanes of at least 4 members (excludes halogenated alkanes) is 12. The number of carbonyl (C=O) groups is 1. The fourth-order valence-electron chi connectivity index (χ4n) is 2.79. The van der Waals surface area contributed by atoms with Crippen molar-refractivity contribution in [2.45, 2.75) is 110 Å². The third-order valence-electron chi connectivity index (χ3n) is 4.41. The predicted molar refractivity (Wildman–Crippen MR) is 109 cm³/mol. The molecule has 25 heavy (non-hydrogen) atoms. The SMILES string of the molecule is CCCCCCCC/C=C\CCCCCCCCOC(=O)NCCC. The van der Waals surface area contributed by atoms with Gasteiger partial charge in [-0.1, -0.05) is 83.8 Å². The number of allylic oxidation sites excluding steroid dienone is 2. The molecule has 1 amide bonds. The van der Waals surface area contributed by atoms with E-state index in [-0.39, 0.29) is 6.09 Å². The average molecular weight is 354 g/mol. The first-order valence-electron chi connectivity index (χ1n) is 10.9. The van der Waals surface area contributed by atoms with Crippen molar-refractivity contribution in [2.75, 3.05) is 13.2 Å². The lowest BCUT2D eigenvalue weighted by atomic mass is 10.1. The van der Waals surface area contributed by atoms with Gasteiger partial charge in [0.2, 0.25) is 0 Å². The lowest BCUT2D eigenvalue weighted by molar-refractivity contribution is 0.144. The van der Waals surface area contributed by atoms with E-state index in [1.807, 2.05) is 6.92 Å². The predicted octanol–water partition coefficient (Wildman–Crippen LogP) is 7.16. The molecule has 0 rings (SSSR count). The van der Waals surface area contributed by atoms with Gasteiger partial charge in [0.15, 0.2) is 0 Å². The fourth-order valence-corrected chi connectivity index (χ4v) is 2.79. The molecule has 0 atom stereocenters. The molecule has 1 N–H and O–H groups in total. The molecule has 0 aromatic carbocycles. The van der Waals surface area contributed by atoms with Crippen LogP contribution in [0.3, 0.4) is 0 Å². The standard InChI is InChI=1S/C22H43NO2/c1-3-5-6-7-8-9-10-11-12-13-14-15-16-17-18-19-21-25-22(24)23-20-4-2/h11-12H,3-10,13-21H2,1-2H3,(H,23,24)/b12-11-. The summed E-state index contributed by atoms with van der Waals surface area (Å²) in [5.74, 6) is 0. The monoisotopic (exact) mass is 353 g/mol. The van der Waals surface area contributed by atoms with E-state index in [1.165, 1.54) is 77.0 Å². The highest BCUT2D eigenvalue weighted by molar-refractivity contribution is 5.66. The van der Waals surface area contributed by atoms with Crippen LogP contribution in [0.4, 0.5) is 4.79 Å². The molecule has 0 saturated carbocycles. The molecule has 148 valence electrons. The molecule has 0 aromatic rings. The Kier molecular flexibility index (Phi) is 20.2. The highest BCUT2D eigenvalue weighted by Gasteiger charge is 1.99. The molecular formula is C22H43NO2. The van der Waals surface area contributed by atoms with Crippen LogP contribution in [0.2, 0.25) is 0 Å². The zero-order chi connectivity index (χ0) is 18.4. The lowest BCUT2D eigenvalue weighted by Gasteiger charge is -2.05. The Morgan fingerprint density at radius 1 is 0.720 bits per heavy atom. The summed E-state index contributed by atoms with van der Waals surface area (Å²) in [5.41, 5.74) is 0. The van der Waals surface area contributed by atoms with Crippen molar-refractivity contribution >= 4 is 6.09 Å². The summed E-state index contributed by atoms with van der Waals surface area (Å²) in [5, 5.41) is 2.72. The van der Waals surface area contributed by atoms with E-state index in [4.69, 9.17) is 4.74 Å². The van der Waals surface area contributed by atoms with Crippen molar-refractivity contribution in [1.82, 2.24) is 5.32 Å². The zero-order valence-corrected chi connectivity index (χ0v) is 17.0. The van der Waals surface area contributed by atoms with Crippen LogP contribution in [0.15, 0.2) is 12.2 Å². The minimum Gasteiger partial charge on any atom is -0.450 e. The molecule has 0 aliphatic rings. The maximum Gasteiger partial charge on any atom is 0.407 e. The Hall–Kier alpha value is -0.990. The van der Waals surface area contributed by atoms with Gasteiger partial charge in [0.25, 0.3) is 0 Å². The zero-order valence-electron chi connectivity index (χ0n) is 17.0. The maximum atomic E-state index is 11.2. The molecule has 0 saturated heterocycles. The largest absolute Gasteiger partial charge is 0.450 e. The van der Waals surface area contributed by atoms with Crippen LogP contribution in [0, 0.1) is 0 Å². The normalized spacial score (nSPS) is 11.1. The third kappa shape index (κ3) is 21.0. The molecule has 0 bridgehead atoms. The maximum absolute atomic E-state index is 11.2. The van der Waals surface area contributed by atoms with Gasteiger partial charge in [-0.2, -0.15) is 0 Å². The van der Waals surface area contributed by atoms with Gasteiger partial charge in [-0.25, -0.2) is 4.79 Å². The first-order chi connectivity index (χ1) is 12.3. The number of rotatable bonds is 18. The summed E-state index contributed by atoms with van der Waals surface area (Å²) in [6.45, 7) is 5.56. The molecule has 0 fully saturated rings. The highest BCUT2D eigenvalue weighted by atomic mass is 16.5. The van der Waals surface area contributed by atoms with Gasteiger partial charge in [-0.15, -0.1) is 0 Å². The molecule has 0 aliphatic heterocycles. The summed E-state index contributed by atoms with van der Waals surface area (Å²) in [4.78, 5) is 11.2. The van der Waals surface area contributed by atoms with E-state index >= 15 is 0 Å². The molecule has 3 nitrogen and oxygen atoms in total. The summed E-state index contributed by atoms with van der Waals surface area (Å²) in [7, 11) is 0. The number of carbonyl (C=O) groups excluding carboxylic acids is 1. The quantitative estimate of drug-likeness (QED) is 0.210. The Morgan fingerprint density at radius 2 is 1.24 bits per heavy atom. The Morgan fingerprint density at radius 3 is 1.80 bits per heavy atom. The van der Waals surface area contributed by atoms with Gasteiger partial charge in [0.1, 0.15) is 0 Å². The van der Waals surface area contributed by atoms with E-state index in [9.17, 15) is 4.79 Å². The molecule has 0 unspecified atom stereocenters. The first-order valence-corrected chi connectivity index (χ1v) is 10.9. The van der Waals surface area contributed by atoms with Crippen molar-refractivity contribution in [2.24, 2.45) is 0 Å².